The number of ketones is 1. The van der Waals surface area contributed by atoms with Crippen molar-refractivity contribution in [3.05, 3.63) is 29.6 Å². The predicted molar refractivity (Wildman–Crippen MR) is 69.2 cm³/mol. The number of hydrogen-bond donors (Lipinski definition) is 0. The van der Waals surface area contributed by atoms with E-state index in [0.717, 1.165) is 11.0 Å². The third-order valence-electron chi connectivity index (χ3n) is 3.42. The van der Waals surface area contributed by atoms with Crippen LogP contribution in [0.15, 0.2) is 18.5 Å². The molecule has 0 amide bonds. The number of aryl methyl sites for hydroxylation is 2. The molecule has 0 saturated carbocycles. The summed E-state index contributed by atoms with van der Waals surface area (Å²) in [5.41, 5.74) is 4.47. The smallest absolute Gasteiger partial charge is 0.155 e. The van der Waals surface area contributed by atoms with E-state index in [9.17, 15) is 4.79 Å². The van der Waals surface area contributed by atoms with E-state index in [1.165, 1.54) is 11.1 Å². The molecule has 2 aromatic rings. The Bertz CT molecular complexity index is 569. The summed E-state index contributed by atoms with van der Waals surface area (Å²) in [6, 6.07) is 4.05. The van der Waals surface area contributed by atoms with Crippen LogP contribution in [0.2, 0.25) is 0 Å². The number of nitrogens with zero attached hydrogens (tertiary/aromatic N) is 2. The maximum atomic E-state index is 11.8. The second-order valence-electron chi connectivity index (χ2n) is 4.57. The molecule has 0 bridgehead atoms. The van der Waals surface area contributed by atoms with Crippen LogP contribution in [0, 0.1) is 13.8 Å². The first-order valence-corrected chi connectivity index (χ1v) is 6.01. The van der Waals surface area contributed by atoms with Gasteiger partial charge in [-0.2, -0.15) is 0 Å². The van der Waals surface area contributed by atoms with Crippen LogP contribution < -0.4 is 0 Å². The first-order valence-electron chi connectivity index (χ1n) is 6.01. The fourth-order valence-electron chi connectivity index (χ4n) is 2.04. The Morgan fingerprint density at radius 2 is 2.00 bits per heavy atom. The second-order valence-corrected chi connectivity index (χ2v) is 4.57. The van der Waals surface area contributed by atoms with Crippen LogP contribution in [-0.4, -0.2) is 15.3 Å². The van der Waals surface area contributed by atoms with E-state index in [1.54, 1.807) is 6.33 Å². The van der Waals surface area contributed by atoms with Gasteiger partial charge in [-0.1, -0.05) is 6.92 Å². The molecule has 17 heavy (non-hydrogen) atoms. The third kappa shape index (κ3) is 1.97. The van der Waals surface area contributed by atoms with Crippen LogP contribution >= 0.6 is 0 Å². The molecule has 1 aromatic heterocycles. The lowest BCUT2D eigenvalue weighted by molar-refractivity contribution is -0.121. The van der Waals surface area contributed by atoms with Crippen molar-refractivity contribution >= 4 is 16.8 Å². The summed E-state index contributed by atoms with van der Waals surface area (Å²) >= 11 is 0. The molecule has 0 fully saturated rings. The van der Waals surface area contributed by atoms with Crippen LogP contribution in [0.5, 0.6) is 0 Å². The number of fused-ring (bicyclic) bond motifs is 1. The van der Waals surface area contributed by atoms with Crippen LogP contribution in [0.25, 0.3) is 11.0 Å². The maximum Gasteiger partial charge on any atom is 0.155 e. The molecule has 0 radical (unpaired) electrons. The minimum absolute atomic E-state index is 0.132. The van der Waals surface area contributed by atoms with Gasteiger partial charge in [-0.15, -0.1) is 0 Å². The molecule has 0 spiro atoms. The van der Waals surface area contributed by atoms with Crippen molar-refractivity contribution in [2.24, 2.45) is 0 Å². The number of Topliss-reactive ketones (excluding diaryl/α,β-unsaturated/α-hetero) is 1. The van der Waals surface area contributed by atoms with Crippen molar-refractivity contribution in [1.29, 1.82) is 0 Å². The summed E-state index contributed by atoms with van der Waals surface area (Å²) in [7, 11) is 0. The van der Waals surface area contributed by atoms with E-state index in [4.69, 9.17) is 0 Å². The number of aromatic nitrogens is 2. The van der Waals surface area contributed by atoms with Crippen LogP contribution in [0.3, 0.4) is 0 Å². The summed E-state index contributed by atoms with van der Waals surface area (Å²) in [6.45, 7) is 7.99. The number of rotatable bonds is 3. The van der Waals surface area contributed by atoms with E-state index in [-0.39, 0.29) is 11.8 Å². The fourth-order valence-corrected chi connectivity index (χ4v) is 2.04. The molecular weight excluding hydrogens is 212 g/mol. The van der Waals surface area contributed by atoms with Crippen molar-refractivity contribution < 1.29 is 4.79 Å². The first kappa shape index (κ1) is 11.8. The summed E-state index contributed by atoms with van der Waals surface area (Å²) in [4.78, 5) is 16.1. The van der Waals surface area contributed by atoms with Crippen LogP contribution in [0.4, 0.5) is 0 Å². The number of hydrogen-bond acceptors (Lipinski definition) is 2. The number of carbonyl (C=O) groups is 1. The molecule has 0 aliphatic carbocycles. The molecule has 1 heterocycles. The van der Waals surface area contributed by atoms with Crippen molar-refractivity contribution in [1.82, 2.24) is 9.55 Å². The Hall–Kier alpha value is -1.64. The standard InChI is InChI=1S/C14H18N2O/c1-5-14(17)11(4)16-8-15-12-6-9(2)10(3)7-13(12)16/h6-8,11H,5H2,1-4H3. The van der Waals surface area contributed by atoms with Crippen molar-refractivity contribution in [3.8, 4) is 0 Å². The SMILES string of the molecule is CCC(=O)C(C)n1cnc2cc(C)c(C)cc21. The molecule has 0 N–H and O–H groups in total. The van der Waals surface area contributed by atoms with E-state index >= 15 is 0 Å². The first-order chi connectivity index (χ1) is 8.04. The minimum Gasteiger partial charge on any atom is -0.320 e. The van der Waals surface area contributed by atoms with Crippen LogP contribution in [-0.2, 0) is 4.79 Å². The highest BCUT2D eigenvalue weighted by molar-refractivity contribution is 5.85. The van der Waals surface area contributed by atoms with Gasteiger partial charge in [0.1, 0.15) is 0 Å². The summed E-state index contributed by atoms with van der Waals surface area (Å²) in [5.74, 6) is 0.238. The quantitative estimate of drug-likeness (QED) is 0.811. The molecule has 1 unspecified atom stereocenters. The monoisotopic (exact) mass is 230 g/mol. The number of carbonyl (C=O) groups excluding carboxylic acids is 1. The zero-order valence-electron chi connectivity index (χ0n) is 10.8. The van der Waals surface area contributed by atoms with Gasteiger partial charge in [0.15, 0.2) is 5.78 Å². The Balaban J connectivity index is 2.56. The zero-order valence-corrected chi connectivity index (χ0v) is 10.8. The normalized spacial score (nSPS) is 12.9. The molecule has 0 saturated heterocycles. The predicted octanol–water partition coefficient (Wildman–Crippen LogP) is 3.19. The van der Waals surface area contributed by atoms with Gasteiger partial charge in [0.05, 0.1) is 23.4 Å². The van der Waals surface area contributed by atoms with Crippen molar-refractivity contribution in [2.75, 3.05) is 0 Å². The highest BCUT2D eigenvalue weighted by Gasteiger charge is 2.15. The Kier molecular flexibility index (Phi) is 3.01. The largest absolute Gasteiger partial charge is 0.320 e. The highest BCUT2D eigenvalue weighted by atomic mass is 16.1. The van der Waals surface area contributed by atoms with Gasteiger partial charge in [0.25, 0.3) is 0 Å². The topological polar surface area (TPSA) is 34.9 Å². The van der Waals surface area contributed by atoms with Gasteiger partial charge in [0, 0.05) is 6.42 Å². The van der Waals surface area contributed by atoms with E-state index in [0.29, 0.717) is 6.42 Å². The van der Waals surface area contributed by atoms with Gasteiger partial charge in [-0.05, 0) is 44.0 Å². The van der Waals surface area contributed by atoms with Gasteiger partial charge >= 0.3 is 0 Å². The van der Waals surface area contributed by atoms with E-state index in [2.05, 4.69) is 31.0 Å². The molecule has 3 nitrogen and oxygen atoms in total. The second kappa shape index (κ2) is 4.32. The van der Waals surface area contributed by atoms with Gasteiger partial charge in [0.2, 0.25) is 0 Å². The number of benzene rings is 1. The van der Waals surface area contributed by atoms with E-state index < -0.39 is 0 Å². The Morgan fingerprint density at radius 1 is 1.35 bits per heavy atom. The van der Waals surface area contributed by atoms with Crippen molar-refractivity contribution in [2.45, 2.75) is 40.2 Å². The Morgan fingerprint density at radius 3 is 2.65 bits per heavy atom. The lowest BCUT2D eigenvalue weighted by atomic mass is 10.1. The average Bonchev–Trinajstić information content (AvgIpc) is 2.70. The zero-order chi connectivity index (χ0) is 12.6. The summed E-state index contributed by atoms with van der Waals surface area (Å²) in [5, 5.41) is 0. The maximum absolute atomic E-state index is 11.8. The van der Waals surface area contributed by atoms with Crippen molar-refractivity contribution in [3.63, 3.8) is 0 Å². The summed E-state index contributed by atoms with van der Waals surface area (Å²) < 4.78 is 1.97. The van der Waals surface area contributed by atoms with E-state index in [1.807, 2.05) is 18.4 Å². The minimum atomic E-state index is -0.132. The molecule has 0 aliphatic rings. The lowest BCUT2D eigenvalue weighted by Gasteiger charge is -2.12. The third-order valence-corrected chi connectivity index (χ3v) is 3.42. The lowest BCUT2D eigenvalue weighted by Crippen LogP contribution is -2.14. The fraction of sp³-hybridized carbons (Fsp3) is 0.429. The molecule has 90 valence electrons. The van der Waals surface area contributed by atoms with Crippen LogP contribution in [0.1, 0.15) is 37.4 Å². The average molecular weight is 230 g/mol. The highest BCUT2D eigenvalue weighted by Crippen LogP contribution is 2.22. The molecular formula is C14H18N2O. The molecule has 0 aliphatic heterocycles. The van der Waals surface area contributed by atoms with Gasteiger partial charge in [-0.25, -0.2) is 4.98 Å². The molecule has 1 aromatic carbocycles. The molecule has 3 heteroatoms. The van der Waals surface area contributed by atoms with Gasteiger partial charge in [-0.3, -0.25) is 4.79 Å². The molecule has 1 atom stereocenters. The molecule has 2 rings (SSSR count). The van der Waals surface area contributed by atoms with Gasteiger partial charge < -0.3 is 4.57 Å². The number of imidazole rings is 1. The Labute approximate surface area is 101 Å². The summed E-state index contributed by atoms with van der Waals surface area (Å²) in [6.07, 6.45) is 2.33.